The van der Waals surface area contributed by atoms with Crippen molar-refractivity contribution in [3.8, 4) is 0 Å². The molecule has 1 N–H and O–H groups in total. The average molecular weight is 213 g/mol. The van der Waals surface area contributed by atoms with Crippen LogP contribution in [0.1, 0.15) is 37.0 Å². The Labute approximate surface area is 88.0 Å². The molecule has 0 aromatic carbocycles. The number of esters is 1. The summed E-state index contributed by atoms with van der Waals surface area (Å²) >= 11 is 0. The summed E-state index contributed by atoms with van der Waals surface area (Å²) in [6.45, 7) is 5.64. The Kier molecular flexibility index (Phi) is 3.41. The van der Waals surface area contributed by atoms with E-state index < -0.39 is 11.6 Å². The van der Waals surface area contributed by atoms with E-state index in [9.17, 15) is 4.79 Å². The molecule has 0 unspecified atom stereocenters. The van der Waals surface area contributed by atoms with Crippen LogP contribution in [0.15, 0.2) is 0 Å². The third-order valence-corrected chi connectivity index (χ3v) is 2.10. The van der Waals surface area contributed by atoms with E-state index in [0.29, 0.717) is 12.3 Å². The molecule has 0 saturated heterocycles. The van der Waals surface area contributed by atoms with Crippen molar-refractivity contribution in [2.75, 3.05) is 13.7 Å². The first-order valence-corrected chi connectivity index (χ1v) is 4.66. The third-order valence-electron chi connectivity index (χ3n) is 2.10. The van der Waals surface area contributed by atoms with Gasteiger partial charge in [0, 0.05) is 7.11 Å². The number of rotatable bonds is 4. The van der Waals surface area contributed by atoms with Crippen LogP contribution < -0.4 is 0 Å². The Bertz CT molecular complexity index is 346. The van der Waals surface area contributed by atoms with Crippen molar-refractivity contribution in [1.82, 2.24) is 15.4 Å². The van der Waals surface area contributed by atoms with Gasteiger partial charge in [-0.3, -0.25) is 0 Å². The standard InChI is InChI=1S/C9H15N3O3/c1-5-15-8(13)6-7(11-12-10-6)9(2,3)14-4/h5H2,1-4H3,(H,10,11,12). The van der Waals surface area contributed by atoms with Crippen LogP contribution in [-0.4, -0.2) is 35.1 Å². The van der Waals surface area contributed by atoms with Crippen LogP contribution in [0.4, 0.5) is 0 Å². The maximum Gasteiger partial charge on any atom is 0.360 e. The highest BCUT2D eigenvalue weighted by molar-refractivity contribution is 5.88. The molecule has 1 aromatic heterocycles. The van der Waals surface area contributed by atoms with Gasteiger partial charge >= 0.3 is 5.97 Å². The Morgan fingerprint density at radius 3 is 2.67 bits per heavy atom. The van der Waals surface area contributed by atoms with Crippen LogP contribution in [0.25, 0.3) is 0 Å². The van der Waals surface area contributed by atoms with E-state index in [4.69, 9.17) is 9.47 Å². The van der Waals surface area contributed by atoms with Crippen LogP contribution in [0.2, 0.25) is 0 Å². The van der Waals surface area contributed by atoms with Gasteiger partial charge in [0.1, 0.15) is 11.3 Å². The van der Waals surface area contributed by atoms with Gasteiger partial charge in [-0.1, -0.05) is 0 Å². The van der Waals surface area contributed by atoms with Gasteiger partial charge in [0.15, 0.2) is 5.69 Å². The van der Waals surface area contributed by atoms with Gasteiger partial charge in [0.25, 0.3) is 0 Å². The van der Waals surface area contributed by atoms with E-state index in [1.54, 1.807) is 27.9 Å². The quantitative estimate of drug-likeness (QED) is 0.751. The van der Waals surface area contributed by atoms with Crippen LogP contribution in [0, 0.1) is 0 Å². The highest BCUT2D eigenvalue weighted by Gasteiger charge is 2.30. The second-order valence-corrected chi connectivity index (χ2v) is 3.46. The number of ether oxygens (including phenoxy) is 2. The fourth-order valence-electron chi connectivity index (χ4n) is 1.09. The fraction of sp³-hybridized carbons (Fsp3) is 0.667. The van der Waals surface area contributed by atoms with Gasteiger partial charge in [0.05, 0.1) is 6.61 Å². The average Bonchev–Trinajstić information content (AvgIpc) is 2.67. The molecule has 1 rings (SSSR count). The monoisotopic (exact) mass is 213 g/mol. The first kappa shape index (κ1) is 11.6. The predicted octanol–water partition coefficient (Wildman–Crippen LogP) is 0.863. The van der Waals surface area contributed by atoms with E-state index in [-0.39, 0.29) is 5.69 Å². The minimum absolute atomic E-state index is 0.170. The van der Waals surface area contributed by atoms with Gasteiger partial charge in [-0.15, -0.1) is 5.10 Å². The normalized spacial score (nSPS) is 11.5. The number of nitrogens with zero attached hydrogens (tertiary/aromatic N) is 2. The lowest BCUT2D eigenvalue weighted by molar-refractivity contribution is 0.0130. The number of carbonyl (C=O) groups excluding carboxylic acids is 1. The van der Waals surface area contributed by atoms with Crippen LogP contribution in [0.5, 0.6) is 0 Å². The third kappa shape index (κ3) is 2.33. The van der Waals surface area contributed by atoms with E-state index in [2.05, 4.69) is 15.4 Å². The zero-order chi connectivity index (χ0) is 11.5. The second-order valence-electron chi connectivity index (χ2n) is 3.46. The maximum absolute atomic E-state index is 11.5. The van der Waals surface area contributed by atoms with Gasteiger partial charge in [-0.25, -0.2) is 4.79 Å². The molecule has 6 heteroatoms. The molecule has 84 valence electrons. The molecule has 0 aliphatic rings. The SMILES string of the molecule is CCOC(=O)c1n[nH]nc1C(C)(C)OC. The molecule has 0 spiro atoms. The van der Waals surface area contributed by atoms with E-state index in [1.807, 2.05) is 0 Å². The van der Waals surface area contributed by atoms with Crippen molar-refractivity contribution in [3.63, 3.8) is 0 Å². The molecular formula is C9H15N3O3. The summed E-state index contributed by atoms with van der Waals surface area (Å²) in [6, 6.07) is 0. The number of aromatic nitrogens is 3. The van der Waals surface area contributed by atoms with Gasteiger partial charge in [-0.05, 0) is 20.8 Å². The molecule has 15 heavy (non-hydrogen) atoms. The minimum Gasteiger partial charge on any atom is -0.461 e. The molecule has 0 atom stereocenters. The Morgan fingerprint density at radius 2 is 2.13 bits per heavy atom. The number of methoxy groups -OCH3 is 1. The lowest BCUT2D eigenvalue weighted by Crippen LogP contribution is -2.24. The Balaban J connectivity index is 3.01. The molecule has 0 fully saturated rings. The Hall–Kier alpha value is -1.43. The summed E-state index contributed by atoms with van der Waals surface area (Å²) in [5.74, 6) is -0.494. The van der Waals surface area contributed by atoms with Crippen molar-refractivity contribution >= 4 is 5.97 Å². The lowest BCUT2D eigenvalue weighted by atomic mass is 10.0. The summed E-state index contributed by atoms with van der Waals surface area (Å²) in [5.41, 5.74) is -0.0538. The number of nitrogens with one attached hydrogen (secondary N) is 1. The highest BCUT2D eigenvalue weighted by atomic mass is 16.5. The van der Waals surface area contributed by atoms with Crippen molar-refractivity contribution < 1.29 is 14.3 Å². The summed E-state index contributed by atoms with van der Waals surface area (Å²) < 4.78 is 10.1. The lowest BCUT2D eigenvalue weighted by Gasteiger charge is -2.20. The van der Waals surface area contributed by atoms with Crippen LogP contribution in [0.3, 0.4) is 0 Å². The summed E-state index contributed by atoms with van der Waals surface area (Å²) in [6.07, 6.45) is 0. The largest absolute Gasteiger partial charge is 0.461 e. The Morgan fingerprint density at radius 1 is 1.47 bits per heavy atom. The molecule has 1 aromatic rings. The molecule has 0 aliphatic heterocycles. The van der Waals surface area contributed by atoms with Crippen molar-refractivity contribution in [1.29, 1.82) is 0 Å². The number of aromatic amines is 1. The topological polar surface area (TPSA) is 77.1 Å². The van der Waals surface area contributed by atoms with Crippen molar-refractivity contribution in [2.45, 2.75) is 26.4 Å². The number of hydrogen-bond donors (Lipinski definition) is 1. The number of carbonyl (C=O) groups is 1. The van der Waals surface area contributed by atoms with Gasteiger partial charge < -0.3 is 9.47 Å². The number of hydrogen-bond acceptors (Lipinski definition) is 5. The number of H-pyrrole nitrogens is 1. The fourth-order valence-corrected chi connectivity index (χ4v) is 1.09. The smallest absolute Gasteiger partial charge is 0.360 e. The van der Waals surface area contributed by atoms with E-state index in [1.165, 1.54) is 0 Å². The molecule has 0 aliphatic carbocycles. The molecule has 0 amide bonds. The molecule has 1 heterocycles. The van der Waals surface area contributed by atoms with Crippen molar-refractivity contribution in [2.24, 2.45) is 0 Å². The zero-order valence-electron chi connectivity index (χ0n) is 9.33. The predicted molar refractivity (Wildman–Crippen MR) is 52.4 cm³/mol. The molecule has 0 radical (unpaired) electrons. The summed E-state index contributed by atoms with van der Waals surface area (Å²) in [4.78, 5) is 11.5. The molecular weight excluding hydrogens is 198 g/mol. The first-order chi connectivity index (χ1) is 7.03. The van der Waals surface area contributed by atoms with Gasteiger partial charge in [0.2, 0.25) is 0 Å². The summed E-state index contributed by atoms with van der Waals surface area (Å²) in [7, 11) is 1.55. The summed E-state index contributed by atoms with van der Waals surface area (Å²) in [5, 5.41) is 10.1. The first-order valence-electron chi connectivity index (χ1n) is 4.66. The minimum atomic E-state index is -0.672. The molecule has 6 nitrogen and oxygen atoms in total. The second kappa shape index (κ2) is 4.39. The maximum atomic E-state index is 11.5. The zero-order valence-corrected chi connectivity index (χ0v) is 9.33. The van der Waals surface area contributed by atoms with E-state index in [0.717, 1.165) is 0 Å². The van der Waals surface area contributed by atoms with Crippen LogP contribution in [-0.2, 0) is 15.1 Å². The van der Waals surface area contributed by atoms with Crippen molar-refractivity contribution in [3.05, 3.63) is 11.4 Å². The van der Waals surface area contributed by atoms with Gasteiger partial charge in [-0.2, -0.15) is 10.3 Å². The van der Waals surface area contributed by atoms with Crippen LogP contribution >= 0.6 is 0 Å². The molecule has 0 saturated carbocycles. The highest BCUT2D eigenvalue weighted by Crippen LogP contribution is 2.23. The van der Waals surface area contributed by atoms with E-state index >= 15 is 0 Å². The molecule has 0 bridgehead atoms.